The van der Waals surface area contributed by atoms with E-state index in [0.717, 1.165) is 16.9 Å². The molecule has 7 heteroatoms. The monoisotopic (exact) mass is 373 g/mol. The third kappa shape index (κ3) is 4.15. The smallest absolute Gasteiger partial charge is 0.227 e. The number of rotatable bonds is 5. The molecule has 1 aliphatic rings. The second kappa shape index (κ2) is 7.87. The fourth-order valence-corrected chi connectivity index (χ4v) is 3.25. The van der Waals surface area contributed by atoms with Gasteiger partial charge in [-0.2, -0.15) is 0 Å². The maximum absolute atomic E-state index is 12.5. The van der Waals surface area contributed by atoms with Crippen molar-refractivity contribution in [2.24, 2.45) is 0 Å². The summed E-state index contributed by atoms with van der Waals surface area (Å²) in [5, 5.41) is 8.83. The zero-order chi connectivity index (χ0) is 19.3. The van der Waals surface area contributed by atoms with Crippen LogP contribution in [0.4, 0.5) is 23.0 Å². The number of fused-ring (bicyclic) bond motifs is 1. The molecule has 3 N–H and O–H groups in total. The topological polar surface area (TPSA) is 96.0 Å². The predicted molar refractivity (Wildman–Crippen MR) is 107 cm³/mol. The Hall–Kier alpha value is -3.74. The number of carbonyl (C=O) groups excluding carboxylic acids is 2. The number of nitrogens with zero attached hydrogens (tertiary/aromatic N) is 2. The average molecular weight is 373 g/mol. The van der Waals surface area contributed by atoms with E-state index in [1.54, 1.807) is 18.5 Å². The fourth-order valence-electron chi connectivity index (χ4n) is 3.25. The van der Waals surface area contributed by atoms with Gasteiger partial charge in [0.05, 0.1) is 0 Å². The van der Waals surface area contributed by atoms with Crippen LogP contribution >= 0.6 is 0 Å². The summed E-state index contributed by atoms with van der Waals surface area (Å²) in [6, 6.07) is 16.7. The Morgan fingerprint density at radius 1 is 1.00 bits per heavy atom. The van der Waals surface area contributed by atoms with E-state index in [4.69, 9.17) is 0 Å². The first-order valence-corrected chi connectivity index (χ1v) is 9.00. The Bertz CT molecular complexity index is 989. The third-order valence-corrected chi connectivity index (χ3v) is 4.53. The maximum atomic E-state index is 12.5. The molecule has 0 fully saturated rings. The largest absolute Gasteiger partial charge is 0.326 e. The lowest BCUT2D eigenvalue weighted by atomic mass is 9.88. The first-order valence-electron chi connectivity index (χ1n) is 9.00. The number of hydrogen-bond acceptors (Lipinski definition) is 5. The summed E-state index contributed by atoms with van der Waals surface area (Å²) in [6.45, 7) is 0. The Kier molecular flexibility index (Phi) is 4.97. The van der Waals surface area contributed by atoms with E-state index in [0.29, 0.717) is 18.1 Å². The van der Waals surface area contributed by atoms with Gasteiger partial charge in [-0.15, -0.1) is 0 Å². The van der Waals surface area contributed by atoms with E-state index >= 15 is 0 Å². The molecule has 140 valence electrons. The molecule has 3 aromatic rings. The molecule has 1 aliphatic heterocycles. The van der Waals surface area contributed by atoms with E-state index < -0.39 is 0 Å². The molecule has 7 nitrogen and oxygen atoms in total. The average Bonchev–Trinajstić information content (AvgIpc) is 2.70. The first-order chi connectivity index (χ1) is 13.7. The van der Waals surface area contributed by atoms with Crippen LogP contribution < -0.4 is 16.0 Å². The highest BCUT2D eigenvalue weighted by Gasteiger charge is 2.26. The fraction of sp³-hybridized carbons (Fsp3) is 0.143. The van der Waals surface area contributed by atoms with Crippen LogP contribution in [0.5, 0.6) is 0 Å². The van der Waals surface area contributed by atoms with Crippen LogP contribution in [0.3, 0.4) is 0 Å². The molecule has 4 rings (SSSR count). The van der Waals surface area contributed by atoms with Crippen molar-refractivity contribution in [2.45, 2.75) is 18.8 Å². The third-order valence-electron chi connectivity index (χ3n) is 4.53. The zero-order valence-corrected chi connectivity index (χ0v) is 15.1. The van der Waals surface area contributed by atoms with Crippen LogP contribution in [0.25, 0.3) is 0 Å². The van der Waals surface area contributed by atoms with Crippen LogP contribution in [-0.2, 0) is 9.59 Å². The van der Waals surface area contributed by atoms with Gasteiger partial charge >= 0.3 is 0 Å². The number of amides is 2. The standard InChI is InChI=1S/C21H19N5O2/c27-19(12-14-13-20(28)26-18-5-2-1-4-17(14)18)24-15-6-8-16(9-7-15)25-21-22-10-3-11-23-21/h1-11,14H,12-13H2,(H,24,27)(H,26,28)(H,22,23,25). The summed E-state index contributed by atoms with van der Waals surface area (Å²) >= 11 is 0. The Labute approximate surface area is 162 Å². The molecular weight excluding hydrogens is 354 g/mol. The van der Waals surface area contributed by atoms with Gasteiger partial charge in [0.25, 0.3) is 0 Å². The number of aromatic nitrogens is 2. The summed E-state index contributed by atoms with van der Waals surface area (Å²) in [5.74, 6) is 0.200. The quantitative estimate of drug-likeness (QED) is 0.634. The van der Waals surface area contributed by atoms with Crippen LogP contribution in [0.1, 0.15) is 24.3 Å². The van der Waals surface area contributed by atoms with Gasteiger partial charge in [0.1, 0.15) is 0 Å². The summed E-state index contributed by atoms with van der Waals surface area (Å²) < 4.78 is 0. The van der Waals surface area contributed by atoms with Gasteiger partial charge in [-0.1, -0.05) is 18.2 Å². The van der Waals surface area contributed by atoms with Gasteiger partial charge in [-0.3, -0.25) is 9.59 Å². The summed E-state index contributed by atoms with van der Waals surface area (Å²) in [5.41, 5.74) is 3.30. The molecule has 0 bridgehead atoms. The van der Waals surface area contributed by atoms with Crippen molar-refractivity contribution in [3.05, 3.63) is 72.6 Å². The van der Waals surface area contributed by atoms with Gasteiger partial charge < -0.3 is 16.0 Å². The van der Waals surface area contributed by atoms with Gasteiger partial charge in [0.15, 0.2) is 0 Å². The molecule has 1 atom stereocenters. The molecule has 1 unspecified atom stereocenters. The number of carbonyl (C=O) groups is 2. The van der Waals surface area contributed by atoms with Gasteiger partial charge in [-0.25, -0.2) is 9.97 Å². The van der Waals surface area contributed by atoms with Gasteiger partial charge in [0.2, 0.25) is 17.8 Å². The maximum Gasteiger partial charge on any atom is 0.227 e. The van der Waals surface area contributed by atoms with Crippen LogP contribution in [0.15, 0.2) is 67.0 Å². The Balaban J connectivity index is 1.38. The van der Waals surface area contributed by atoms with Crippen molar-refractivity contribution < 1.29 is 9.59 Å². The van der Waals surface area contributed by atoms with E-state index in [-0.39, 0.29) is 24.2 Å². The van der Waals surface area contributed by atoms with Gasteiger partial charge in [0, 0.05) is 48.2 Å². The Morgan fingerprint density at radius 2 is 1.71 bits per heavy atom. The summed E-state index contributed by atoms with van der Waals surface area (Å²) in [4.78, 5) is 32.6. The molecular formula is C21H19N5O2. The number of benzene rings is 2. The first kappa shape index (κ1) is 17.7. The molecule has 0 spiro atoms. The highest BCUT2D eigenvalue weighted by Crippen LogP contribution is 2.34. The minimum atomic E-state index is -0.124. The SMILES string of the molecule is O=C(CC1CC(=O)Nc2ccccc21)Nc1ccc(Nc2ncccn2)cc1. The van der Waals surface area contributed by atoms with Crippen molar-refractivity contribution in [3.8, 4) is 0 Å². The van der Waals surface area contributed by atoms with Crippen molar-refractivity contribution in [1.29, 1.82) is 0 Å². The molecule has 2 amide bonds. The molecule has 0 radical (unpaired) electrons. The van der Waals surface area contributed by atoms with Crippen molar-refractivity contribution in [3.63, 3.8) is 0 Å². The van der Waals surface area contributed by atoms with Crippen molar-refractivity contribution in [2.75, 3.05) is 16.0 Å². The highest BCUT2D eigenvalue weighted by molar-refractivity contribution is 5.97. The highest BCUT2D eigenvalue weighted by atomic mass is 16.2. The van der Waals surface area contributed by atoms with E-state index in [9.17, 15) is 9.59 Å². The lowest BCUT2D eigenvalue weighted by Gasteiger charge is -2.25. The molecule has 2 heterocycles. The zero-order valence-electron chi connectivity index (χ0n) is 15.1. The second-order valence-electron chi connectivity index (χ2n) is 6.56. The van der Waals surface area contributed by atoms with Gasteiger partial charge in [-0.05, 0) is 42.0 Å². The normalized spacial score (nSPS) is 15.3. The van der Waals surface area contributed by atoms with Crippen LogP contribution in [-0.4, -0.2) is 21.8 Å². The lowest BCUT2D eigenvalue weighted by Crippen LogP contribution is -2.25. The minimum Gasteiger partial charge on any atom is -0.326 e. The van der Waals surface area contributed by atoms with Crippen LogP contribution in [0.2, 0.25) is 0 Å². The van der Waals surface area contributed by atoms with E-state index in [2.05, 4.69) is 25.9 Å². The molecule has 0 saturated carbocycles. The summed E-state index contributed by atoms with van der Waals surface area (Å²) in [7, 11) is 0. The van der Waals surface area contributed by atoms with Crippen molar-refractivity contribution >= 4 is 34.8 Å². The number of anilines is 4. The Morgan fingerprint density at radius 3 is 2.50 bits per heavy atom. The predicted octanol–water partition coefficient (Wildman–Crippen LogP) is 3.67. The molecule has 28 heavy (non-hydrogen) atoms. The number of hydrogen-bond donors (Lipinski definition) is 3. The molecule has 2 aromatic carbocycles. The number of nitrogens with one attached hydrogen (secondary N) is 3. The van der Waals surface area contributed by atoms with E-state index in [1.807, 2.05) is 48.5 Å². The van der Waals surface area contributed by atoms with Crippen LogP contribution in [0, 0.1) is 0 Å². The second-order valence-corrected chi connectivity index (χ2v) is 6.56. The molecule has 1 aromatic heterocycles. The molecule has 0 saturated heterocycles. The number of para-hydroxylation sites is 1. The van der Waals surface area contributed by atoms with Crippen molar-refractivity contribution in [1.82, 2.24) is 9.97 Å². The lowest BCUT2D eigenvalue weighted by molar-refractivity contribution is -0.118. The van der Waals surface area contributed by atoms with E-state index in [1.165, 1.54) is 0 Å². The minimum absolute atomic E-state index is 0.0601. The molecule has 0 aliphatic carbocycles. The summed E-state index contributed by atoms with van der Waals surface area (Å²) in [6.07, 6.45) is 3.88.